The molecule has 152 valence electrons. The third-order valence-corrected chi connectivity index (χ3v) is 8.43. The lowest BCUT2D eigenvalue weighted by Gasteiger charge is -2.53. The van der Waals surface area contributed by atoms with Gasteiger partial charge in [-0.3, -0.25) is 4.79 Å². The average molecular weight is 397 g/mol. The van der Waals surface area contributed by atoms with Crippen LogP contribution in [-0.2, 0) is 14.9 Å². The van der Waals surface area contributed by atoms with Crippen LogP contribution in [0.3, 0.4) is 0 Å². The van der Waals surface area contributed by atoms with E-state index in [0.717, 1.165) is 23.1 Å². The average Bonchev–Trinajstić information content (AvgIpc) is 3.32. The van der Waals surface area contributed by atoms with Gasteiger partial charge in [-0.1, -0.05) is 93.6 Å². The van der Waals surface area contributed by atoms with E-state index in [-0.39, 0.29) is 28.8 Å². The number of ketones is 1. The van der Waals surface area contributed by atoms with Gasteiger partial charge >= 0.3 is 0 Å². The second-order valence-electron chi connectivity index (χ2n) is 10.3. The minimum Gasteiger partial charge on any atom is -0.376 e. The molecule has 0 bridgehead atoms. The molecular weight excluding hydrogens is 368 g/mol. The molecule has 1 unspecified atom stereocenters. The minimum absolute atomic E-state index is 0.00422. The van der Waals surface area contributed by atoms with E-state index in [0.29, 0.717) is 12.4 Å². The first kappa shape index (κ1) is 18.3. The quantitative estimate of drug-likeness (QED) is 0.618. The Hall–Kier alpha value is -2.45. The van der Waals surface area contributed by atoms with Crippen molar-refractivity contribution >= 4 is 11.4 Å². The molecule has 0 radical (unpaired) electrons. The molecule has 2 aromatic carbocycles. The molecule has 1 aliphatic heterocycles. The number of carbonyl (C=O) groups excluding carboxylic acids is 1. The molecule has 1 spiro atoms. The van der Waals surface area contributed by atoms with Gasteiger partial charge in [-0.15, -0.1) is 0 Å². The standard InChI is InChI=1S/C28H28O2/c1-18-14-15-21-17-30-25-26(2,3)16-22-23(19-10-6-4-7-11-19)24(29)27(18,28(21,22)25)20-12-8-5-9-13-20/h4-15,18,21,25H,16-17H2,1-3H3/t18-,21-,25-,27-,28?/m1/s1. The van der Waals surface area contributed by atoms with Gasteiger partial charge in [0.05, 0.1) is 18.1 Å². The van der Waals surface area contributed by atoms with Crippen LogP contribution in [0.15, 0.2) is 78.4 Å². The van der Waals surface area contributed by atoms with Crippen molar-refractivity contribution in [3.63, 3.8) is 0 Å². The summed E-state index contributed by atoms with van der Waals surface area (Å²) in [6.07, 6.45) is 5.60. The van der Waals surface area contributed by atoms with E-state index in [1.54, 1.807) is 0 Å². The number of carbonyl (C=O) groups is 1. The molecule has 0 amide bonds. The van der Waals surface area contributed by atoms with Crippen LogP contribution in [-0.4, -0.2) is 18.5 Å². The number of hydrogen-bond donors (Lipinski definition) is 0. The van der Waals surface area contributed by atoms with Gasteiger partial charge < -0.3 is 4.74 Å². The van der Waals surface area contributed by atoms with Gasteiger partial charge in [0.2, 0.25) is 0 Å². The van der Waals surface area contributed by atoms with E-state index in [4.69, 9.17) is 4.74 Å². The summed E-state index contributed by atoms with van der Waals surface area (Å²) in [6.45, 7) is 7.58. The van der Waals surface area contributed by atoms with E-state index in [1.807, 2.05) is 24.3 Å². The third-order valence-electron chi connectivity index (χ3n) is 8.43. The summed E-state index contributed by atoms with van der Waals surface area (Å²) >= 11 is 0. The predicted molar refractivity (Wildman–Crippen MR) is 119 cm³/mol. The summed E-state index contributed by atoms with van der Waals surface area (Å²) in [5.41, 5.74) is 3.60. The van der Waals surface area contributed by atoms with Crippen molar-refractivity contribution in [1.29, 1.82) is 0 Å². The van der Waals surface area contributed by atoms with Gasteiger partial charge in [0, 0.05) is 16.9 Å². The number of allylic oxidation sites excluding steroid dienone is 2. The van der Waals surface area contributed by atoms with Gasteiger partial charge in [-0.05, 0) is 34.5 Å². The molecule has 1 saturated heterocycles. The Kier molecular flexibility index (Phi) is 3.56. The van der Waals surface area contributed by atoms with Crippen molar-refractivity contribution in [3.8, 4) is 0 Å². The fraction of sp³-hybridized carbons (Fsp3) is 0.393. The van der Waals surface area contributed by atoms with Crippen molar-refractivity contribution in [2.45, 2.75) is 38.7 Å². The summed E-state index contributed by atoms with van der Waals surface area (Å²) in [7, 11) is 0. The maximum absolute atomic E-state index is 14.7. The summed E-state index contributed by atoms with van der Waals surface area (Å²) < 4.78 is 6.60. The number of hydrogen-bond acceptors (Lipinski definition) is 2. The SMILES string of the molecule is C[C@@H]1C=C[C@@H]2CO[C@@H]3C(C)(C)CC4=C(c5ccccc5)C(=O)[C@@]1(c1ccccc1)C423. The van der Waals surface area contributed by atoms with Crippen LogP contribution >= 0.6 is 0 Å². The molecular formula is C28H28O2. The minimum atomic E-state index is -0.608. The molecule has 1 saturated carbocycles. The maximum Gasteiger partial charge on any atom is 0.175 e. The fourth-order valence-corrected chi connectivity index (χ4v) is 7.61. The topological polar surface area (TPSA) is 26.3 Å². The zero-order chi connectivity index (χ0) is 20.7. The monoisotopic (exact) mass is 396 g/mol. The summed E-state index contributed by atoms with van der Waals surface area (Å²) in [4.78, 5) is 14.7. The number of ether oxygens (including phenoxy) is 1. The molecule has 6 rings (SSSR count). The lowest BCUT2D eigenvalue weighted by molar-refractivity contribution is -0.127. The molecule has 2 aromatic rings. The summed E-state index contributed by atoms with van der Waals surface area (Å²) in [5, 5.41) is 0. The van der Waals surface area contributed by atoms with Crippen molar-refractivity contribution in [1.82, 2.24) is 0 Å². The van der Waals surface area contributed by atoms with Crippen LogP contribution in [0.2, 0.25) is 0 Å². The second-order valence-corrected chi connectivity index (χ2v) is 10.3. The van der Waals surface area contributed by atoms with Crippen LogP contribution in [0.4, 0.5) is 0 Å². The molecule has 3 aliphatic carbocycles. The highest BCUT2D eigenvalue weighted by atomic mass is 16.5. The first-order valence-electron chi connectivity index (χ1n) is 11.1. The lowest BCUT2D eigenvalue weighted by Crippen LogP contribution is -2.59. The van der Waals surface area contributed by atoms with Crippen LogP contribution in [0.1, 0.15) is 38.3 Å². The molecule has 5 atom stereocenters. The van der Waals surface area contributed by atoms with Gasteiger partial charge in [-0.25, -0.2) is 0 Å². The molecule has 30 heavy (non-hydrogen) atoms. The summed E-state index contributed by atoms with van der Waals surface area (Å²) in [5.74, 6) is 0.640. The van der Waals surface area contributed by atoms with Crippen molar-refractivity contribution < 1.29 is 9.53 Å². The molecule has 0 aromatic heterocycles. The third kappa shape index (κ3) is 1.84. The van der Waals surface area contributed by atoms with Crippen LogP contribution < -0.4 is 0 Å². The summed E-state index contributed by atoms with van der Waals surface area (Å²) in [6, 6.07) is 20.9. The Morgan fingerprint density at radius 1 is 0.933 bits per heavy atom. The highest BCUT2D eigenvalue weighted by Gasteiger charge is 2.79. The van der Waals surface area contributed by atoms with Gasteiger partial charge in [0.25, 0.3) is 0 Å². The molecule has 2 heteroatoms. The fourth-order valence-electron chi connectivity index (χ4n) is 7.61. The maximum atomic E-state index is 14.7. The highest BCUT2D eigenvalue weighted by molar-refractivity contribution is 6.30. The molecule has 4 aliphatic rings. The zero-order valence-corrected chi connectivity index (χ0v) is 17.9. The Morgan fingerprint density at radius 2 is 1.60 bits per heavy atom. The molecule has 2 nitrogen and oxygen atoms in total. The van der Waals surface area contributed by atoms with Gasteiger partial charge in [-0.2, -0.15) is 0 Å². The number of Topliss-reactive ketones (excluding diaryl/α,β-unsaturated/α-hetero) is 1. The number of benzene rings is 2. The largest absolute Gasteiger partial charge is 0.376 e. The van der Waals surface area contributed by atoms with Crippen LogP contribution in [0.25, 0.3) is 5.57 Å². The Balaban J connectivity index is 1.76. The Bertz CT molecular complexity index is 1090. The van der Waals surface area contributed by atoms with E-state index < -0.39 is 5.41 Å². The van der Waals surface area contributed by atoms with Crippen molar-refractivity contribution in [3.05, 3.63) is 89.5 Å². The van der Waals surface area contributed by atoms with E-state index in [9.17, 15) is 4.79 Å². The Morgan fingerprint density at radius 3 is 2.30 bits per heavy atom. The van der Waals surface area contributed by atoms with E-state index in [2.05, 4.69) is 69.3 Å². The van der Waals surface area contributed by atoms with Crippen LogP contribution in [0, 0.1) is 22.7 Å². The normalized spacial score (nSPS) is 38.1. The van der Waals surface area contributed by atoms with Gasteiger partial charge in [0.1, 0.15) is 0 Å². The molecule has 0 N–H and O–H groups in total. The predicted octanol–water partition coefficient (Wildman–Crippen LogP) is 5.60. The van der Waals surface area contributed by atoms with E-state index >= 15 is 0 Å². The first-order valence-corrected chi connectivity index (χ1v) is 11.1. The molecule has 2 fully saturated rings. The van der Waals surface area contributed by atoms with Crippen molar-refractivity contribution in [2.24, 2.45) is 22.7 Å². The first-order chi connectivity index (χ1) is 14.5. The van der Waals surface area contributed by atoms with E-state index in [1.165, 1.54) is 5.57 Å². The second kappa shape index (κ2) is 5.82. The van der Waals surface area contributed by atoms with Crippen LogP contribution in [0.5, 0.6) is 0 Å². The highest BCUT2D eigenvalue weighted by Crippen LogP contribution is 2.76. The lowest BCUT2D eigenvalue weighted by atomic mass is 9.47. The Labute approximate surface area is 178 Å². The number of rotatable bonds is 2. The van der Waals surface area contributed by atoms with Gasteiger partial charge in [0.15, 0.2) is 5.78 Å². The van der Waals surface area contributed by atoms with Crippen molar-refractivity contribution in [2.75, 3.05) is 6.61 Å². The zero-order valence-electron chi connectivity index (χ0n) is 17.9. The smallest absolute Gasteiger partial charge is 0.175 e. The molecule has 1 heterocycles.